The molecule has 0 aliphatic carbocycles. The van der Waals surface area contributed by atoms with Gasteiger partial charge < -0.3 is 0 Å². The number of aromatic nitrogens is 1. The molecule has 0 unspecified atom stereocenters. The Morgan fingerprint density at radius 1 is 1.47 bits per heavy atom. The van der Waals surface area contributed by atoms with Crippen LogP contribution in [0.5, 0.6) is 0 Å². The molecule has 1 aromatic heterocycles. The normalized spacial score (nSPS) is 16.5. The average Bonchev–Trinajstić information content (AvgIpc) is 2.78. The number of anilines is 1. The molecule has 5 heteroatoms. The molecule has 0 spiro atoms. The number of carbonyl (C=O) groups is 1. The topological polar surface area (TPSA) is 42.4 Å². The third-order valence-electron chi connectivity index (χ3n) is 2.51. The summed E-state index contributed by atoms with van der Waals surface area (Å²) in [5.74, 6) is -0.231. The van der Waals surface area contributed by atoms with Crippen LogP contribution in [0.3, 0.4) is 0 Å². The summed E-state index contributed by atoms with van der Waals surface area (Å²) in [6, 6.07) is 0. The van der Waals surface area contributed by atoms with Gasteiger partial charge in [-0.2, -0.15) is 0 Å². The van der Waals surface area contributed by atoms with Crippen molar-refractivity contribution in [2.45, 2.75) is 19.3 Å². The molecule has 1 fully saturated rings. The van der Waals surface area contributed by atoms with Crippen LogP contribution in [-0.4, -0.2) is 45.7 Å². The molecule has 0 atom stereocenters. The number of rotatable bonds is 2. The number of carbonyl (C=O) groups excluding carboxylic acids is 1. The molecule has 4 nitrogen and oxygen atoms in total. The van der Waals surface area contributed by atoms with E-state index in [-0.39, 0.29) is 20.5 Å². The van der Waals surface area contributed by atoms with Crippen molar-refractivity contribution in [1.29, 1.82) is 0 Å². The van der Waals surface area contributed by atoms with Crippen molar-refractivity contribution in [1.82, 2.24) is 4.98 Å². The quantitative estimate of drug-likeness (QED) is 0.593. The van der Waals surface area contributed by atoms with Gasteiger partial charge in [0.1, 0.15) is 0 Å². The summed E-state index contributed by atoms with van der Waals surface area (Å²) in [6.07, 6.45) is 5.45. The number of methoxy groups -OCH3 is 1. The van der Waals surface area contributed by atoms with Gasteiger partial charge in [0.2, 0.25) is 0 Å². The summed E-state index contributed by atoms with van der Waals surface area (Å²) in [4.78, 5) is 17.9. The van der Waals surface area contributed by atoms with Gasteiger partial charge in [0.05, 0.1) is 0 Å². The number of hydrogen-bond acceptors (Lipinski definition) is 4. The summed E-state index contributed by atoms with van der Waals surface area (Å²) < 4.78 is 6.50. The van der Waals surface area contributed by atoms with Crippen molar-refractivity contribution in [3.8, 4) is 0 Å². The predicted molar refractivity (Wildman–Crippen MR) is 58.6 cm³/mol. The number of esters is 1. The van der Waals surface area contributed by atoms with E-state index in [1.54, 1.807) is 6.20 Å². The molecule has 15 heavy (non-hydrogen) atoms. The van der Waals surface area contributed by atoms with Crippen LogP contribution in [0.25, 0.3) is 0 Å². The van der Waals surface area contributed by atoms with Gasteiger partial charge in [0.25, 0.3) is 0 Å². The van der Waals surface area contributed by atoms with Gasteiger partial charge in [-0.3, -0.25) is 0 Å². The zero-order valence-electron chi connectivity index (χ0n) is 8.73. The number of hydrogen-bond donors (Lipinski definition) is 0. The second-order valence-corrected chi connectivity index (χ2v) is 5.66. The Hall–Kier alpha value is -0.801. The first-order valence-electron chi connectivity index (χ1n) is 5.10. The molecular formula is C10H14N2O2Se. The number of nitrogens with zero attached hydrogens (tertiary/aromatic N) is 2. The zero-order valence-corrected chi connectivity index (χ0v) is 10.4. The third kappa shape index (κ3) is 2.41. The van der Waals surface area contributed by atoms with Gasteiger partial charge in [-0.15, -0.1) is 0 Å². The van der Waals surface area contributed by atoms with Gasteiger partial charge in [-0.05, 0) is 0 Å². The average molecular weight is 273 g/mol. The van der Waals surface area contributed by atoms with Crippen molar-refractivity contribution < 1.29 is 9.53 Å². The Kier molecular flexibility index (Phi) is 3.44. The minimum atomic E-state index is -0.231. The van der Waals surface area contributed by atoms with Crippen LogP contribution in [-0.2, 0) is 4.74 Å². The predicted octanol–water partition coefficient (Wildman–Crippen LogP) is 0.915. The molecule has 0 N–H and O–H groups in total. The first-order chi connectivity index (χ1) is 7.31. The monoisotopic (exact) mass is 274 g/mol. The van der Waals surface area contributed by atoms with Gasteiger partial charge in [-0.25, -0.2) is 0 Å². The minimum absolute atomic E-state index is 0.0461. The summed E-state index contributed by atoms with van der Waals surface area (Å²) in [5.41, 5.74) is 0. The molecule has 0 saturated carbocycles. The van der Waals surface area contributed by atoms with Gasteiger partial charge in [0, 0.05) is 0 Å². The zero-order chi connectivity index (χ0) is 10.7. The van der Waals surface area contributed by atoms with Crippen LogP contribution in [0.4, 0.5) is 4.69 Å². The Morgan fingerprint density at radius 3 is 2.87 bits per heavy atom. The van der Waals surface area contributed by atoms with Crippen LogP contribution in [0, 0.1) is 0 Å². The maximum atomic E-state index is 11.3. The summed E-state index contributed by atoms with van der Waals surface area (Å²) >= 11 is 0.0461. The molecule has 82 valence electrons. The van der Waals surface area contributed by atoms with Crippen molar-refractivity contribution in [3.05, 3.63) is 10.6 Å². The molecule has 1 saturated heterocycles. The van der Waals surface area contributed by atoms with Crippen LogP contribution in [0.1, 0.15) is 28.5 Å². The van der Waals surface area contributed by atoms with Crippen molar-refractivity contribution in [3.63, 3.8) is 0 Å². The molecule has 2 rings (SSSR count). The molecular weight excluding hydrogens is 259 g/mol. The molecule has 1 aromatic rings. The van der Waals surface area contributed by atoms with E-state index in [9.17, 15) is 4.79 Å². The van der Waals surface area contributed by atoms with Crippen LogP contribution in [0.2, 0.25) is 0 Å². The van der Waals surface area contributed by atoms with E-state index in [4.69, 9.17) is 0 Å². The standard InChI is InChI=1S/C10H14N2O2Se/c1-14-9(13)8-7-11-10(15-8)12-5-3-2-4-6-12/h7H,2-6H2,1H3. The molecule has 0 radical (unpaired) electrons. The Balaban J connectivity index is 2.08. The summed E-state index contributed by atoms with van der Waals surface area (Å²) in [6.45, 7) is 2.17. The van der Waals surface area contributed by atoms with E-state index in [2.05, 4.69) is 14.6 Å². The van der Waals surface area contributed by atoms with Crippen molar-refractivity contribution >= 4 is 25.2 Å². The fourth-order valence-corrected chi connectivity index (χ4v) is 3.55. The van der Waals surface area contributed by atoms with Gasteiger partial charge >= 0.3 is 94.7 Å². The summed E-state index contributed by atoms with van der Waals surface area (Å²) in [5, 5.41) is 0. The molecule has 2 heterocycles. The molecule has 1 aliphatic heterocycles. The molecule has 1 aliphatic rings. The second-order valence-electron chi connectivity index (χ2n) is 3.55. The third-order valence-corrected chi connectivity index (χ3v) is 4.68. The summed E-state index contributed by atoms with van der Waals surface area (Å²) in [7, 11) is 1.41. The van der Waals surface area contributed by atoms with E-state index in [0.717, 1.165) is 22.2 Å². The number of ether oxygens (including phenoxy) is 1. The van der Waals surface area contributed by atoms with Crippen molar-refractivity contribution in [2.24, 2.45) is 0 Å². The number of piperidine rings is 1. The second kappa shape index (κ2) is 4.81. The molecule has 0 amide bonds. The Labute approximate surface area is 95.0 Å². The Morgan fingerprint density at radius 2 is 2.20 bits per heavy atom. The molecule has 0 bridgehead atoms. The van der Waals surface area contributed by atoms with Crippen molar-refractivity contribution in [2.75, 3.05) is 25.1 Å². The van der Waals surface area contributed by atoms with Crippen LogP contribution < -0.4 is 4.90 Å². The molecule has 0 aromatic carbocycles. The van der Waals surface area contributed by atoms with E-state index in [1.165, 1.54) is 26.4 Å². The van der Waals surface area contributed by atoms with Crippen LogP contribution in [0.15, 0.2) is 6.20 Å². The fourth-order valence-electron chi connectivity index (χ4n) is 1.69. The first-order valence-corrected chi connectivity index (χ1v) is 6.81. The van der Waals surface area contributed by atoms with E-state index < -0.39 is 0 Å². The van der Waals surface area contributed by atoms with E-state index in [1.807, 2.05) is 0 Å². The van der Waals surface area contributed by atoms with Gasteiger partial charge in [-0.1, -0.05) is 0 Å². The van der Waals surface area contributed by atoms with E-state index >= 15 is 0 Å². The van der Waals surface area contributed by atoms with Gasteiger partial charge in [0.15, 0.2) is 0 Å². The Bertz CT molecular complexity index is 345. The fraction of sp³-hybridized carbons (Fsp3) is 0.600. The maximum absolute atomic E-state index is 11.3. The van der Waals surface area contributed by atoms with E-state index in [0.29, 0.717) is 0 Å². The first kappa shape index (κ1) is 10.7. The SMILES string of the molecule is COC(=O)c1cnc(N2CCCCC2)[se]1. The van der Waals surface area contributed by atoms with Crippen LogP contribution >= 0.6 is 0 Å².